The van der Waals surface area contributed by atoms with E-state index in [1.54, 1.807) is 0 Å². The molecule has 0 aliphatic carbocycles. The van der Waals surface area contributed by atoms with Gasteiger partial charge in [-0.1, -0.05) is 41.9 Å². The Balaban J connectivity index is 0.00000364. The van der Waals surface area contributed by atoms with Gasteiger partial charge in [0.25, 0.3) is 0 Å². The van der Waals surface area contributed by atoms with Crippen molar-refractivity contribution in [2.45, 2.75) is 17.9 Å². The summed E-state index contributed by atoms with van der Waals surface area (Å²) >= 11 is 5.84. The molecule has 2 aromatic carbocycles. The Labute approximate surface area is 171 Å². The summed E-state index contributed by atoms with van der Waals surface area (Å²) in [6, 6.07) is 15.0. The lowest BCUT2D eigenvalue weighted by Crippen LogP contribution is -2.40. The lowest BCUT2D eigenvalue weighted by molar-refractivity contribution is -0.121. The number of halogens is 2. The molecule has 0 saturated carbocycles. The van der Waals surface area contributed by atoms with Crippen LogP contribution in [0, 0.1) is 0 Å². The summed E-state index contributed by atoms with van der Waals surface area (Å²) in [6.07, 6.45) is 0.633. The van der Waals surface area contributed by atoms with Gasteiger partial charge in [-0.2, -0.15) is 4.31 Å². The van der Waals surface area contributed by atoms with Gasteiger partial charge in [0.2, 0.25) is 15.9 Å². The third-order valence-electron chi connectivity index (χ3n) is 3.68. The molecular formula is C18H23Cl2N3O3S. The first-order valence-corrected chi connectivity index (χ1v) is 10.0. The lowest BCUT2D eigenvalue weighted by Gasteiger charge is -2.22. The monoisotopic (exact) mass is 431 g/mol. The minimum absolute atomic E-state index is 0. The van der Waals surface area contributed by atoms with Crippen LogP contribution in [0.4, 0.5) is 0 Å². The van der Waals surface area contributed by atoms with Crippen molar-refractivity contribution in [3.63, 3.8) is 0 Å². The summed E-state index contributed by atoms with van der Waals surface area (Å²) in [4.78, 5) is 12.3. The molecule has 0 bridgehead atoms. The number of sulfonamides is 1. The standard InChI is InChI=1S/C18H22ClN3O3S.ClH/c19-16-7-9-17(10-8-16)26(24,25)22(13-15-5-2-1-3-6-15)14-18(23)21-12-4-11-20;/h1-3,5-10H,4,11-14,20H2,(H,21,23);1H. The predicted molar refractivity (Wildman–Crippen MR) is 109 cm³/mol. The first-order valence-electron chi connectivity index (χ1n) is 8.20. The Morgan fingerprint density at radius 2 is 1.70 bits per heavy atom. The fourth-order valence-electron chi connectivity index (χ4n) is 2.31. The van der Waals surface area contributed by atoms with E-state index in [4.69, 9.17) is 17.3 Å². The number of carbonyl (C=O) groups is 1. The van der Waals surface area contributed by atoms with Crippen molar-refractivity contribution < 1.29 is 13.2 Å². The number of benzene rings is 2. The minimum Gasteiger partial charge on any atom is -0.355 e. The van der Waals surface area contributed by atoms with E-state index in [9.17, 15) is 13.2 Å². The maximum atomic E-state index is 13.0. The first-order chi connectivity index (χ1) is 12.4. The third-order valence-corrected chi connectivity index (χ3v) is 5.73. The van der Waals surface area contributed by atoms with Crippen molar-refractivity contribution in [2.24, 2.45) is 5.73 Å². The molecule has 0 atom stereocenters. The van der Waals surface area contributed by atoms with Gasteiger partial charge in [-0.3, -0.25) is 4.79 Å². The third kappa shape index (κ3) is 7.12. The van der Waals surface area contributed by atoms with Crippen molar-refractivity contribution in [1.29, 1.82) is 0 Å². The largest absolute Gasteiger partial charge is 0.355 e. The molecule has 0 radical (unpaired) electrons. The molecule has 0 saturated heterocycles. The van der Waals surface area contributed by atoms with Gasteiger partial charge in [0.1, 0.15) is 0 Å². The van der Waals surface area contributed by atoms with Crippen LogP contribution < -0.4 is 11.1 Å². The Bertz CT molecular complexity index is 816. The fourth-order valence-corrected chi connectivity index (χ4v) is 3.82. The average Bonchev–Trinajstić information content (AvgIpc) is 2.62. The van der Waals surface area contributed by atoms with E-state index >= 15 is 0 Å². The van der Waals surface area contributed by atoms with Crippen LogP contribution in [-0.2, 0) is 21.4 Å². The summed E-state index contributed by atoms with van der Waals surface area (Å²) < 4.78 is 27.1. The van der Waals surface area contributed by atoms with Gasteiger partial charge in [0, 0.05) is 18.1 Å². The highest BCUT2D eigenvalue weighted by molar-refractivity contribution is 7.89. The second-order valence-electron chi connectivity index (χ2n) is 5.70. The maximum absolute atomic E-state index is 13.0. The van der Waals surface area contributed by atoms with E-state index in [1.165, 1.54) is 24.3 Å². The minimum atomic E-state index is -3.85. The van der Waals surface area contributed by atoms with Gasteiger partial charge >= 0.3 is 0 Å². The van der Waals surface area contributed by atoms with E-state index in [0.717, 1.165) is 9.87 Å². The average molecular weight is 432 g/mol. The summed E-state index contributed by atoms with van der Waals surface area (Å²) in [5.74, 6) is -0.369. The first kappa shape index (κ1) is 23.4. The quantitative estimate of drug-likeness (QED) is 0.596. The second-order valence-corrected chi connectivity index (χ2v) is 8.08. The summed E-state index contributed by atoms with van der Waals surface area (Å²) in [5, 5.41) is 3.13. The molecule has 148 valence electrons. The van der Waals surface area contributed by atoms with Crippen LogP contribution >= 0.6 is 24.0 Å². The predicted octanol–water partition coefficient (Wildman–Crippen LogP) is 2.42. The molecule has 6 nitrogen and oxygen atoms in total. The molecule has 2 aromatic rings. The van der Waals surface area contributed by atoms with Crippen LogP contribution in [0.15, 0.2) is 59.5 Å². The van der Waals surface area contributed by atoms with E-state index < -0.39 is 10.0 Å². The number of rotatable bonds is 9. The Morgan fingerprint density at radius 1 is 1.07 bits per heavy atom. The van der Waals surface area contributed by atoms with Gasteiger partial charge < -0.3 is 11.1 Å². The van der Waals surface area contributed by atoms with Crippen LogP contribution in [0.2, 0.25) is 5.02 Å². The molecule has 2 rings (SSSR count). The molecule has 0 aliphatic heterocycles. The van der Waals surface area contributed by atoms with Gasteiger partial charge in [-0.15, -0.1) is 12.4 Å². The zero-order valence-electron chi connectivity index (χ0n) is 14.7. The van der Waals surface area contributed by atoms with Crippen molar-refractivity contribution in [3.8, 4) is 0 Å². The topological polar surface area (TPSA) is 92.5 Å². The number of amides is 1. The highest BCUT2D eigenvalue weighted by Crippen LogP contribution is 2.20. The second kappa shape index (κ2) is 11.3. The fraction of sp³-hybridized carbons (Fsp3) is 0.278. The van der Waals surface area contributed by atoms with Crippen LogP contribution in [0.3, 0.4) is 0 Å². The molecule has 0 aliphatic rings. The molecule has 0 aromatic heterocycles. The van der Waals surface area contributed by atoms with E-state index in [1.807, 2.05) is 30.3 Å². The van der Waals surface area contributed by atoms with Crippen LogP contribution in [0.25, 0.3) is 0 Å². The Morgan fingerprint density at radius 3 is 2.30 bits per heavy atom. The highest BCUT2D eigenvalue weighted by atomic mass is 35.5. The smallest absolute Gasteiger partial charge is 0.243 e. The van der Waals surface area contributed by atoms with E-state index in [2.05, 4.69) is 5.32 Å². The molecule has 0 fully saturated rings. The molecule has 3 N–H and O–H groups in total. The van der Waals surface area contributed by atoms with Crippen molar-refractivity contribution in [3.05, 3.63) is 65.2 Å². The van der Waals surface area contributed by atoms with Crippen molar-refractivity contribution in [2.75, 3.05) is 19.6 Å². The number of hydrogen-bond acceptors (Lipinski definition) is 4. The Hall–Kier alpha value is -1.64. The summed E-state index contributed by atoms with van der Waals surface area (Å²) in [5.41, 5.74) is 6.20. The highest BCUT2D eigenvalue weighted by Gasteiger charge is 2.26. The number of hydrogen-bond donors (Lipinski definition) is 2. The van der Waals surface area contributed by atoms with E-state index in [0.29, 0.717) is 24.5 Å². The SMILES string of the molecule is Cl.NCCCNC(=O)CN(Cc1ccccc1)S(=O)(=O)c1ccc(Cl)cc1. The van der Waals surface area contributed by atoms with Crippen LogP contribution in [-0.4, -0.2) is 38.3 Å². The van der Waals surface area contributed by atoms with Gasteiger partial charge in [-0.25, -0.2) is 8.42 Å². The number of nitrogens with two attached hydrogens (primary N) is 1. The van der Waals surface area contributed by atoms with Gasteiger partial charge in [0.15, 0.2) is 0 Å². The number of carbonyl (C=O) groups excluding carboxylic acids is 1. The lowest BCUT2D eigenvalue weighted by atomic mass is 10.2. The normalized spacial score (nSPS) is 11.1. The van der Waals surface area contributed by atoms with Crippen molar-refractivity contribution >= 4 is 39.9 Å². The van der Waals surface area contributed by atoms with E-state index in [-0.39, 0.29) is 36.3 Å². The zero-order valence-corrected chi connectivity index (χ0v) is 17.1. The number of nitrogens with zero attached hydrogens (tertiary/aromatic N) is 1. The van der Waals surface area contributed by atoms with Crippen molar-refractivity contribution in [1.82, 2.24) is 9.62 Å². The zero-order chi connectivity index (χ0) is 19.0. The maximum Gasteiger partial charge on any atom is 0.243 e. The number of nitrogens with one attached hydrogen (secondary N) is 1. The molecule has 0 heterocycles. The van der Waals surface area contributed by atoms with Crippen LogP contribution in [0.5, 0.6) is 0 Å². The molecular weight excluding hydrogens is 409 g/mol. The molecule has 9 heteroatoms. The molecule has 0 unspecified atom stereocenters. The molecule has 0 spiro atoms. The van der Waals surface area contributed by atoms with Gasteiger partial charge in [-0.05, 0) is 42.8 Å². The van der Waals surface area contributed by atoms with Crippen LogP contribution in [0.1, 0.15) is 12.0 Å². The van der Waals surface area contributed by atoms with Gasteiger partial charge in [0.05, 0.1) is 11.4 Å². The summed E-state index contributed by atoms with van der Waals surface area (Å²) in [7, 11) is -3.85. The Kier molecular flexibility index (Phi) is 9.76. The molecule has 1 amide bonds. The molecule has 27 heavy (non-hydrogen) atoms. The summed E-state index contributed by atoms with van der Waals surface area (Å²) in [6.45, 7) is 0.688.